The van der Waals surface area contributed by atoms with Gasteiger partial charge in [-0.3, -0.25) is 0 Å². The van der Waals surface area contributed by atoms with Crippen molar-refractivity contribution in [2.75, 3.05) is 0 Å². The molecule has 3 aromatic rings. The molecule has 25 heavy (non-hydrogen) atoms. The second-order valence-electron chi connectivity index (χ2n) is 5.81. The Morgan fingerprint density at radius 3 is 2.00 bits per heavy atom. The van der Waals surface area contributed by atoms with Crippen molar-refractivity contribution >= 4 is 29.3 Å². The molecule has 3 heteroatoms. The number of benzene rings is 3. The molecule has 0 aliphatic heterocycles. The summed E-state index contributed by atoms with van der Waals surface area (Å²) in [6, 6.07) is 26.2. The molecule has 0 aliphatic rings. The van der Waals surface area contributed by atoms with E-state index in [1.165, 1.54) is 11.1 Å². The van der Waals surface area contributed by atoms with Crippen molar-refractivity contribution in [2.45, 2.75) is 12.6 Å². The van der Waals surface area contributed by atoms with Gasteiger partial charge in [-0.1, -0.05) is 90.0 Å². The third kappa shape index (κ3) is 5.47. The van der Waals surface area contributed by atoms with Crippen LogP contribution in [0, 0.1) is 0 Å². The van der Waals surface area contributed by atoms with Gasteiger partial charge in [0.05, 0.1) is 6.04 Å². The summed E-state index contributed by atoms with van der Waals surface area (Å²) in [6.07, 6.45) is 4.27. The van der Waals surface area contributed by atoms with Crippen LogP contribution in [-0.2, 0) is 6.54 Å². The molecule has 3 rings (SSSR count). The fraction of sp³-hybridized carbons (Fsp3) is 0.0909. The predicted octanol–water partition coefficient (Wildman–Crippen LogP) is 6.54. The molecule has 0 saturated heterocycles. The number of nitrogens with one attached hydrogen (secondary N) is 1. The maximum atomic E-state index is 6.03. The van der Waals surface area contributed by atoms with E-state index in [0.717, 1.165) is 22.2 Å². The van der Waals surface area contributed by atoms with Crippen molar-refractivity contribution < 1.29 is 0 Å². The fourth-order valence-electron chi connectivity index (χ4n) is 2.57. The molecular weight excluding hydrogens is 349 g/mol. The van der Waals surface area contributed by atoms with Crippen LogP contribution in [0.4, 0.5) is 0 Å². The molecule has 0 unspecified atom stereocenters. The number of hydrogen-bond acceptors (Lipinski definition) is 1. The van der Waals surface area contributed by atoms with Gasteiger partial charge in [-0.05, 0) is 41.0 Å². The summed E-state index contributed by atoms with van der Waals surface area (Å²) in [5.41, 5.74) is 3.54. The van der Waals surface area contributed by atoms with Gasteiger partial charge in [-0.25, -0.2) is 0 Å². The highest BCUT2D eigenvalue weighted by Crippen LogP contribution is 2.20. The Kier molecular flexibility index (Phi) is 6.30. The molecule has 1 atom stereocenters. The summed E-state index contributed by atoms with van der Waals surface area (Å²) >= 11 is 12.0. The van der Waals surface area contributed by atoms with Crippen LogP contribution in [0.1, 0.15) is 22.7 Å². The van der Waals surface area contributed by atoms with Crippen LogP contribution in [0.5, 0.6) is 0 Å². The monoisotopic (exact) mass is 367 g/mol. The fourth-order valence-corrected chi connectivity index (χ4v) is 2.82. The van der Waals surface area contributed by atoms with Crippen LogP contribution in [0.2, 0.25) is 10.0 Å². The molecule has 0 saturated carbocycles. The Morgan fingerprint density at radius 1 is 0.760 bits per heavy atom. The first-order chi connectivity index (χ1) is 12.2. The molecule has 1 nitrogen and oxygen atoms in total. The molecule has 1 N–H and O–H groups in total. The third-order valence-electron chi connectivity index (χ3n) is 3.95. The first kappa shape index (κ1) is 17.8. The summed E-state index contributed by atoms with van der Waals surface area (Å²) < 4.78 is 0. The lowest BCUT2D eigenvalue weighted by atomic mass is 10.0. The van der Waals surface area contributed by atoms with E-state index in [2.05, 4.69) is 53.9 Å². The third-order valence-corrected chi connectivity index (χ3v) is 4.45. The summed E-state index contributed by atoms with van der Waals surface area (Å²) in [5, 5.41) is 5.08. The van der Waals surface area contributed by atoms with Gasteiger partial charge in [0.2, 0.25) is 0 Å². The second kappa shape index (κ2) is 8.87. The van der Waals surface area contributed by atoms with Crippen molar-refractivity contribution in [3.05, 3.63) is 112 Å². The van der Waals surface area contributed by atoms with Gasteiger partial charge >= 0.3 is 0 Å². The molecule has 0 aromatic heterocycles. The topological polar surface area (TPSA) is 12.0 Å². The van der Waals surface area contributed by atoms with Gasteiger partial charge < -0.3 is 5.32 Å². The van der Waals surface area contributed by atoms with E-state index < -0.39 is 0 Å². The molecule has 0 amide bonds. The van der Waals surface area contributed by atoms with Crippen molar-refractivity contribution in [2.24, 2.45) is 0 Å². The Morgan fingerprint density at radius 2 is 1.36 bits per heavy atom. The molecule has 0 aliphatic carbocycles. The first-order valence-electron chi connectivity index (χ1n) is 8.17. The highest BCUT2D eigenvalue weighted by molar-refractivity contribution is 6.30. The number of halogens is 2. The van der Waals surface area contributed by atoms with Crippen LogP contribution in [0.25, 0.3) is 6.08 Å². The molecule has 0 heterocycles. The molecule has 0 radical (unpaired) electrons. The van der Waals surface area contributed by atoms with Gasteiger partial charge in [0, 0.05) is 16.6 Å². The molecule has 3 aromatic carbocycles. The number of hydrogen-bond donors (Lipinski definition) is 1. The summed E-state index contributed by atoms with van der Waals surface area (Å²) in [7, 11) is 0. The lowest BCUT2D eigenvalue weighted by Crippen LogP contribution is -2.19. The Hall–Kier alpha value is -2.06. The zero-order valence-corrected chi connectivity index (χ0v) is 15.2. The zero-order chi connectivity index (χ0) is 17.5. The standard InChI is InChI=1S/C22H19Cl2N/c23-20-11-6-17(7-12-20)8-15-22(19-9-13-21(24)14-10-19)25-16-18-4-2-1-3-5-18/h1-15,22,25H,16H2/b15-8+/t22-/m1/s1. The van der Waals surface area contributed by atoms with E-state index in [1.54, 1.807) is 0 Å². The van der Waals surface area contributed by atoms with Crippen LogP contribution >= 0.6 is 23.2 Å². The molecule has 0 spiro atoms. The average Bonchev–Trinajstić information content (AvgIpc) is 2.65. The van der Waals surface area contributed by atoms with Crippen molar-refractivity contribution in [3.8, 4) is 0 Å². The summed E-state index contributed by atoms with van der Waals surface area (Å²) in [4.78, 5) is 0. The first-order valence-corrected chi connectivity index (χ1v) is 8.93. The van der Waals surface area contributed by atoms with Gasteiger partial charge in [0.1, 0.15) is 0 Å². The summed E-state index contributed by atoms with van der Waals surface area (Å²) in [6.45, 7) is 0.791. The Balaban J connectivity index is 1.78. The second-order valence-corrected chi connectivity index (χ2v) is 6.68. The lowest BCUT2D eigenvalue weighted by molar-refractivity contribution is 0.623. The normalized spacial score (nSPS) is 12.4. The average molecular weight is 368 g/mol. The van der Waals surface area contributed by atoms with Gasteiger partial charge in [-0.2, -0.15) is 0 Å². The molecule has 126 valence electrons. The smallest absolute Gasteiger partial charge is 0.0512 e. The Labute approximate surface area is 158 Å². The van der Waals surface area contributed by atoms with E-state index in [1.807, 2.05) is 42.5 Å². The van der Waals surface area contributed by atoms with Crippen LogP contribution < -0.4 is 5.32 Å². The SMILES string of the molecule is Clc1ccc(/C=C/[C@@H](NCc2ccccc2)c2ccc(Cl)cc2)cc1. The van der Waals surface area contributed by atoms with E-state index in [-0.39, 0.29) is 6.04 Å². The van der Waals surface area contributed by atoms with Crippen LogP contribution in [0.3, 0.4) is 0 Å². The van der Waals surface area contributed by atoms with E-state index in [9.17, 15) is 0 Å². The minimum Gasteiger partial charge on any atom is -0.303 e. The molecular formula is C22H19Cl2N. The molecule has 0 bridgehead atoms. The van der Waals surface area contributed by atoms with Crippen LogP contribution in [-0.4, -0.2) is 0 Å². The highest BCUT2D eigenvalue weighted by atomic mass is 35.5. The van der Waals surface area contributed by atoms with E-state index in [4.69, 9.17) is 23.2 Å². The van der Waals surface area contributed by atoms with Gasteiger partial charge in [0.15, 0.2) is 0 Å². The maximum absolute atomic E-state index is 6.03. The minimum absolute atomic E-state index is 0.0909. The van der Waals surface area contributed by atoms with Crippen molar-refractivity contribution in [3.63, 3.8) is 0 Å². The quantitative estimate of drug-likeness (QED) is 0.521. The maximum Gasteiger partial charge on any atom is 0.0512 e. The van der Waals surface area contributed by atoms with Crippen molar-refractivity contribution in [1.82, 2.24) is 5.32 Å². The zero-order valence-electron chi connectivity index (χ0n) is 13.7. The largest absolute Gasteiger partial charge is 0.303 e. The lowest BCUT2D eigenvalue weighted by Gasteiger charge is -2.16. The van der Waals surface area contributed by atoms with E-state index in [0.29, 0.717) is 0 Å². The molecule has 0 fully saturated rings. The van der Waals surface area contributed by atoms with Crippen LogP contribution in [0.15, 0.2) is 84.9 Å². The minimum atomic E-state index is 0.0909. The predicted molar refractivity (Wildman–Crippen MR) is 108 cm³/mol. The highest BCUT2D eigenvalue weighted by Gasteiger charge is 2.07. The van der Waals surface area contributed by atoms with E-state index >= 15 is 0 Å². The van der Waals surface area contributed by atoms with Gasteiger partial charge in [0.25, 0.3) is 0 Å². The Bertz CT molecular complexity index is 809. The summed E-state index contributed by atoms with van der Waals surface area (Å²) in [5.74, 6) is 0. The van der Waals surface area contributed by atoms with Crippen molar-refractivity contribution in [1.29, 1.82) is 0 Å². The van der Waals surface area contributed by atoms with Gasteiger partial charge in [-0.15, -0.1) is 0 Å². The number of rotatable bonds is 6.